The van der Waals surface area contributed by atoms with Gasteiger partial charge in [0.25, 0.3) is 5.91 Å². The van der Waals surface area contributed by atoms with E-state index in [1.54, 1.807) is 0 Å². The first kappa shape index (κ1) is 21.5. The van der Waals surface area contributed by atoms with Crippen molar-refractivity contribution in [1.82, 2.24) is 10.3 Å². The number of amides is 1. The fraction of sp³-hybridized carbons (Fsp3) is 0.115. The van der Waals surface area contributed by atoms with Crippen LogP contribution in [0.3, 0.4) is 0 Å². The van der Waals surface area contributed by atoms with Crippen LogP contribution in [0.2, 0.25) is 5.02 Å². The Kier molecular flexibility index (Phi) is 6.40. The molecule has 1 unspecified atom stereocenters. The molecule has 31 heavy (non-hydrogen) atoms. The van der Waals surface area contributed by atoms with Gasteiger partial charge >= 0.3 is 0 Å². The number of halogens is 2. The predicted octanol–water partition coefficient (Wildman–Crippen LogP) is 7.00. The van der Waals surface area contributed by atoms with Crippen LogP contribution in [0.5, 0.6) is 0 Å². The SMILES string of the molecule is Cc1c(-c2ccccc2)nc2ccc(Br)cc2c1C(=O)NC(C)[CH]c1ccccc1Cl. The topological polar surface area (TPSA) is 42.0 Å². The van der Waals surface area contributed by atoms with E-state index in [9.17, 15) is 4.79 Å². The molecule has 0 aliphatic rings. The second-order valence-corrected chi connectivity index (χ2v) is 8.76. The van der Waals surface area contributed by atoms with Gasteiger partial charge in [0.2, 0.25) is 0 Å². The number of nitrogens with zero attached hydrogens (tertiary/aromatic N) is 1. The lowest BCUT2D eigenvalue weighted by molar-refractivity contribution is 0.0946. The molecule has 0 bridgehead atoms. The van der Waals surface area contributed by atoms with Crippen molar-refractivity contribution < 1.29 is 4.79 Å². The average Bonchev–Trinajstić information content (AvgIpc) is 2.75. The normalized spacial score (nSPS) is 12.0. The molecule has 155 valence electrons. The predicted molar refractivity (Wildman–Crippen MR) is 131 cm³/mol. The zero-order valence-corrected chi connectivity index (χ0v) is 19.5. The fourth-order valence-electron chi connectivity index (χ4n) is 3.70. The lowest BCUT2D eigenvalue weighted by Crippen LogP contribution is -2.34. The number of fused-ring (bicyclic) bond motifs is 1. The molecule has 1 atom stereocenters. The maximum atomic E-state index is 13.5. The van der Waals surface area contributed by atoms with Crippen molar-refractivity contribution in [3.8, 4) is 11.3 Å². The summed E-state index contributed by atoms with van der Waals surface area (Å²) in [5.74, 6) is -0.143. The Labute approximate surface area is 195 Å². The highest BCUT2D eigenvalue weighted by Crippen LogP contribution is 2.31. The summed E-state index contributed by atoms with van der Waals surface area (Å²) in [6, 6.07) is 23.1. The quantitative estimate of drug-likeness (QED) is 0.326. The van der Waals surface area contributed by atoms with E-state index in [1.165, 1.54) is 0 Å². The maximum absolute atomic E-state index is 13.5. The van der Waals surface area contributed by atoms with Gasteiger partial charge in [0.05, 0.1) is 16.8 Å². The fourth-order valence-corrected chi connectivity index (χ4v) is 4.26. The third-order valence-electron chi connectivity index (χ3n) is 5.16. The summed E-state index contributed by atoms with van der Waals surface area (Å²) in [5, 5.41) is 4.58. The van der Waals surface area contributed by atoms with Gasteiger partial charge in [-0.2, -0.15) is 0 Å². The summed E-state index contributed by atoms with van der Waals surface area (Å²) in [5.41, 5.74) is 4.93. The van der Waals surface area contributed by atoms with Crippen molar-refractivity contribution in [3.05, 3.63) is 105 Å². The molecule has 0 aliphatic carbocycles. The van der Waals surface area contributed by atoms with Gasteiger partial charge in [-0.1, -0.05) is 76.1 Å². The Morgan fingerprint density at radius 2 is 1.77 bits per heavy atom. The molecule has 1 aromatic heterocycles. The molecule has 3 aromatic carbocycles. The van der Waals surface area contributed by atoms with Gasteiger partial charge in [0, 0.05) is 32.9 Å². The zero-order chi connectivity index (χ0) is 22.0. The van der Waals surface area contributed by atoms with Crippen LogP contribution in [0.15, 0.2) is 77.3 Å². The lowest BCUT2D eigenvalue weighted by Gasteiger charge is -2.18. The van der Waals surface area contributed by atoms with Crippen molar-refractivity contribution in [2.45, 2.75) is 19.9 Å². The van der Waals surface area contributed by atoms with Crippen LogP contribution < -0.4 is 5.32 Å². The smallest absolute Gasteiger partial charge is 0.252 e. The van der Waals surface area contributed by atoms with Crippen LogP contribution in [0.1, 0.15) is 28.4 Å². The van der Waals surface area contributed by atoms with E-state index >= 15 is 0 Å². The van der Waals surface area contributed by atoms with Crippen molar-refractivity contribution in [1.29, 1.82) is 0 Å². The standard InChI is InChI=1S/C26H21BrClN2O/c1-16(14-19-10-6-7-11-22(19)28)29-26(31)24-17(2)25(18-8-4-3-5-9-18)30-23-13-12-20(27)15-21(23)24/h3-16H,1-2H3,(H,29,31). The Bertz CT molecular complexity index is 1260. The minimum atomic E-state index is -0.206. The Morgan fingerprint density at radius 1 is 1.06 bits per heavy atom. The van der Waals surface area contributed by atoms with Crippen molar-refractivity contribution >= 4 is 44.3 Å². The third-order valence-corrected chi connectivity index (χ3v) is 6.00. The van der Waals surface area contributed by atoms with Crippen molar-refractivity contribution in [2.24, 2.45) is 0 Å². The van der Waals surface area contributed by atoms with E-state index in [1.807, 2.05) is 93.1 Å². The molecule has 3 nitrogen and oxygen atoms in total. The summed E-state index contributed by atoms with van der Waals surface area (Å²) in [6.45, 7) is 3.89. The van der Waals surface area contributed by atoms with E-state index in [-0.39, 0.29) is 11.9 Å². The highest BCUT2D eigenvalue weighted by molar-refractivity contribution is 9.10. The molecule has 0 fully saturated rings. The molecule has 1 amide bonds. The molecular weight excluding hydrogens is 472 g/mol. The van der Waals surface area contributed by atoms with Gasteiger partial charge in [-0.3, -0.25) is 4.79 Å². The Hall–Kier alpha value is -2.69. The number of pyridine rings is 1. The van der Waals surface area contributed by atoms with E-state index in [0.29, 0.717) is 10.6 Å². The lowest BCUT2D eigenvalue weighted by atomic mass is 9.96. The van der Waals surface area contributed by atoms with Crippen LogP contribution in [0.4, 0.5) is 0 Å². The summed E-state index contributed by atoms with van der Waals surface area (Å²) in [4.78, 5) is 18.3. The van der Waals surface area contributed by atoms with Crippen LogP contribution in [0, 0.1) is 13.3 Å². The first-order chi connectivity index (χ1) is 14.9. The van der Waals surface area contributed by atoms with Gasteiger partial charge in [0.15, 0.2) is 0 Å². The highest BCUT2D eigenvalue weighted by Gasteiger charge is 2.21. The van der Waals surface area contributed by atoms with Gasteiger partial charge in [-0.15, -0.1) is 0 Å². The second kappa shape index (κ2) is 9.21. The van der Waals surface area contributed by atoms with Gasteiger partial charge < -0.3 is 5.32 Å². The number of hydrogen-bond acceptors (Lipinski definition) is 2. The summed E-state index contributed by atoms with van der Waals surface area (Å²) < 4.78 is 0.901. The molecule has 0 spiro atoms. The first-order valence-electron chi connectivity index (χ1n) is 9.99. The molecule has 4 aromatic rings. The van der Waals surface area contributed by atoms with Crippen LogP contribution >= 0.6 is 27.5 Å². The van der Waals surface area contributed by atoms with Crippen molar-refractivity contribution in [3.63, 3.8) is 0 Å². The molecule has 1 heterocycles. The molecule has 0 saturated heterocycles. The van der Waals surface area contributed by atoms with Gasteiger partial charge in [-0.05, 0) is 49.2 Å². The van der Waals surface area contributed by atoms with Gasteiger partial charge in [-0.25, -0.2) is 4.98 Å². The van der Waals surface area contributed by atoms with E-state index in [4.69, 9.17) is 16.6 Å². The molecule has 5 heteroatoms. The minimum Gasteiger partial charge on any atom is -0.349 e. The van der Waals surface area contributed by atoms with Crippen LogP contribution in [-0.2, 0) is 0 Å². The Morgan fingerprint density at radius 3 is 2.52 bits per heavy atom. The summed E-state index contributed by atoms with van der Waals surface area (Å²) >= 11 is 9.80. The monoisotopic (exact) mass is 491 g/mol. The number of aromatic nitrogens is 1. The van der Waals surface area contributed by atoms with E-state index < -0.39 is 0 Å². The molecule has 4 rings (SSSR count). The summed E-state index contributed by atoms with van der Waals surface area (Å²) in [7, 11) is 0. The largest absolute Gasteiger partial charge is 0.349 e. The third kappa shape index (κ3) is 4.65. The van der Waals surface area contributed by atoms with Crippen LogP contribution in [-0.4, -0.2) is 16.9 Å². The number of hydrogen-bond donors (Lipinski definition) is 1. The number of rotatable bonds is 5. The maximum Gasteiger partial charge on any atom is 0.252 e. The highest BCUT2D eigenvalue weighted by atomic mass is 79.9. The molecule has 0 aliphatic heterocycles. The number of carbonyl (C=O) groups excluding carboxylic acids is 1. The number of carbonyl (C=O) groups is 1. The molecule has 1 N–H and O–H groups in total. The number of benzene rings is 3. The molecule has 0 saturated carbocycles. The van der Waals surface area contributed by atoms with Crippen LogP contribution in [0.25, 0.3) is 22.2 Å². The molecule has 1 radical (unpaired) electrons. The van der Waals surface area contributed by atoms with Gasteiger partial charge in [0.1, 0.15) is 0 Å². The summed E-state index contributed by atoms with van der Waals surface area (Å²) in [6.07, 6.45) is 1.95. The number of nitrogens with one attached hydrogen (secondary N) is 1. The Balaban J connectivity index is 1.74. The first-order valence-corrected chi connectivity index (χ1v) is 11.2. The minimum absolute atomic E-state index is 0.143. The molecular formula is C26H21BrClN2O. The van der Waals surface area contributed by atoms with E-state index in [2.05, 4.69) is 21.2 Å². The second-order valence-electron chi connectivity index (χ2n) is 7.44. The zero-order valence-electron chi connectivity index (χ0n) is 17.2. The average molecular weight is 493 g/mol. The van der Waals surface area contributed by atoms with E-state index in [0.717, 1.165) is 37.8 Å². The van der Waals surface area contributed by atoms with Crippen molar-refractivity contribution in [2.75, 3.05) is 0 Å².